The zero-order valence-corrected chi connectivity index (χ0v) is 9.57. The van der Waals surface area contributed by atoms with E-state index in [0.29, 0.717) is 0 Å². The van der Waals surface area contributed by atoms with Crippen LogP contribution in [0.2, 0.25) is 0 Å². The van der Waals surface area contributed by atoms with Crippen LogP contribution in [-0.2, 0) is 4.74 Å². The molecule has 2 nitrogen and oxygen atoms in total. The average Bonchev–Trinajstić information content (AvgIpc) is 2.28. The molecule has 0 N–H and O–H groups in total. The van der Waals surface area contributed by atoms with Gasteiger partial charge in [-0.3, -0.25) is 0 Å². The summed E-state index contributed by atoms with van der Waals surface area (Å²) in [5, 5.41) is 0. The van der Waals surface area contributed by atoms with Crippen LogP contribution in [0.4, 0.5) is 0 Å². The fourth-order valence-electron chi connectivity index (χ4n) is 1.15. The first-order valence-corrected chi connectivity index (χ1v) is 5.22. The van der Waals surface area contributed by atoms with Gasteiger partial charge >= 0.3 is 0 Å². The highest BCUT2D eigenvalue weighted by Gasteiger charge is 1.99. The largest absolute Gasteiger partial charge is 0.465 e. The zero-order valence-electron chi connectivity index (χ0n) is 9.57. The number of allylic oxidation sites excluding steroid dienone is 1. The summed E-state index contributed by atoms with van der Waals surface area (Å²) in [7, 11) is 1.63. The highest BCUT2D eigenvalue weighted by molar-refractivity contribution is 5.50. The molecule has 15 heavy (non-hydrogen) atoms. The first kappa shape index (κ1) is 11.8. The summed E-state index contributed by atoms with van der Waals surface area (Å²) in [6, 6.07) is 7.96. The maximum absolute atomic E-state index is 5.48. The van der Waals surface area contributed by atoms with Gasteiger partial charge in [0.2, 0.25) is 0 Å². The standard InChI is InChI=1S/C13H18O2/c1-4-5-6-12-7-9-13(10-8-12)15-11(2)14-3/h5-11H,4H2,1-3H3/b6-5+. The molecular formula is C13H18O2. The highest BCUT2D eigenvalue weighted by atomic mass is 16.7. The Morgan fingerprint density at radius 2 is 1.93 bits per heavy atom. The molecule has 0 amide bonds. The van der Waals surface area contributed by atoms with Crippen molar-refractivity contribution in [2.75, 3.05) is 7.11 Å². The summed E-state index contributed by atoms with van der Waals surface area (Å²) in [6.45, 7) is 3.99. The molecule has 82 valence electrons. The van der Waals surface area contributed by atoms with Crippen LogP contribution in [0.25, 0.3) is 6.08 Å². The lowest BCUT2D eigenvalue weighted by Crippen LogP contribution is -2.13. The maximum Gasteiger partial charge on any atom is 0.196 e. The van der Waals surface area contributed by atoms with Crippen molar-refractivity contribution in [1.29, 1.82) is 0 Å². The third-order valence-electron chi connectivity index (χ3n) is 2.06. The average molecular weight is 206 g/mol. The van der Waals surface area contributed by atoms with E-state index in [0.717, 1.165) is 12.2 Å². The Hall–Kier alpha value is -1.28. The molecule has 0 saturated carbocycles. The number of ether oxygens (including phenoxy) is 2. The first-order valence-electron chi connectivity index (χ1n) is 5.22. The Bertz CT molecular complexity index is 301. The van der Waals surface area contributed by atoms with Crippen LogP contribution in [0.5, 0.6) is 5.75 Å². The normalized spacial score (nSPS) is 13.0. The van der Waals surface area contributed by atoms with Crippen LogP contribution in [0.3, 0.4) is 0 Å². The molecule has 0 radical (unpaired) electrons. The molecule has 1 unspecified atom stereocenters. The molecule has 2 heteroatoms. The smallest absolute Gasteiger partial charge is 0.196 e. The van der Waals surface area contributed by atoms with Crippen LogP contribution >= 0.6 is 0 Å². The van der Waals surface area contributed by atoms with Crippen molar-refractivity contribution in [3.63, 3.8) is 0 Å². The minimum absolute atomic E-state index is 0.206. The van der Waals surface area contributed by atoms with Crippen molar-refractivity contribution in [2.45, 2.75) is 26.6 Å². The Kier molecular flexibility index (Phi) is 4.91. The van der Waals surface area contributed by atoms with E-state index >= 15 is 0 Å². The van der Waals surface area contributed by atoms with Gasteiger partial charge in [-0.25, -0.2) is 0 Å². The molecule has 0 aliphatic rings. The molecule has 0 heterocycles. The molecular weight excluding hydrogens is 188 g/mol. The molecule has 1 atom stereocenters. The lowest BCUT2D eigenvalue weighted by atomic mass is 10.2. The Morgan fingerprint density at radius 1 is 1.27 bits per heavy atom. The third-order valence-corrected chi connectivity index (χ3v) is 2.06. The Balaban J connectivity index is 2.60. The van der Waals surface area contributed by atoms with Crippen LogP contribution in [0.1, 0.15) is 25.8 Å². The van der Waals surface area contributed by atoms with E-state index in [1.807, 2.05) is 31.2 Å². The van der Waals surface area contributed by atoms with E-state index < -0.39 is 0 Å². The summed E-state index contributed by atoms with van der Waals surface area (Å²) < 4.78 is 10.5. The Morgan fingerprint density at radius 3 is 2.47 bits per heavy atom. The van der Waals surface area contributed by atoms with Crippen molar-refractivity contribution in [3.05, 3.63) is 35.9 Å². The number of methoxy groups -OCH3 is 1. The molecule has 0 fully saturated rings. The second kappa shape index (κ2) is 6.25. The fraction of sp³-hybridized carbons (Fsp3) is 0.385. The SMILES string of the molecule is CC/C=C/c1ccc(OC(C)OC)cc1. The summed E-state index contributed by atoms with van der Waals surface area (Å²) in [5.41, 5.74) is 1.19. The van der Waals surface area contributed by atoms with Gasteiger partial charge in [0.1, 0.15) is 5.75 Å². The molecule has 0 spiro atoms. The zero-order chi connectivity index (χ0) is 11.1. The van der Waals surface area contributed by atoms with Crippen molar-refractivity contribution >= 4 is 6.08 Å². The van der Waals surface area contributed by atoms with Crippen LogP contribution in [-0.4, -0.2) is 13.4 Å². The molecule has 0 aliphatic carbocycles. The third kappa shape index (κ3) is 4.17. The number of rotatable bonds is 5. The minimum Gasteiger partial charge on any atom is -0.465 e. The lowest BCUT2D eigenvalue weighted by Gasteiger charge is -2.12. The van der Waals surface area contributed by atoms with E-state index in [4.69, 9.17) is 9.47 Å². The van der Waals surface area contributed by atoms with Gasteiger partial charge in [0.05, 0.1) is 0 Å². The first-order chi connectivity index (χ1) is 7.26. The van der Waals surface area contributed by atoms with Gasteiger partial charge < -0.3 is 9.47 Å². The molecule has 1 aromatic carbocycles. The predicted molar refractivity (Wildman–Crippen MR) is 62.9 cm³/mol. The molecule has 1 rings (SSSR count). The van der Waals surface area contributed by atoms with Crippen molar-refractivity contribution in [3.8, 4) is 5.75 Å². The van der Waals surface area contributed by atoms with Crippen molar-refractivity contribution in [2.24, 2.45) is 0 Å². The fourth-order valence-corrected chi connectivity index (χ4v) is 1.15. The predicted octanol–water partition coefficient (Wildman–Crippen LogP) is 3.48. The Labute approximate surface area is 91.5 Å². The van der Waals surface area contributed by atoms with Gasteiger partial charge in [0, 0.05) is 7.11 Å². The number of hydrogen-bond acceptors (Lipinski definition) is 2. The van der Waals surface area contributed by atoms with E-state index in [1.165, 1.54) is 5.56 Å². The molecule has 1 aromatic rings. The van der Waals surface area contributed by atoms with Crippen LogP contribution < -0.4 is 4.74 Å². The summed E-state index contributed by atoms with van der Waals surface area (Å²) in [5.74, 6) is 0.831. The van der Waals surface area contributed by atoms with Crippen molar-refractivity contribution in [1.82, 2.24) is 0 Å². The van der Waals surface area contributed by atoms with Gasteiger partial charge in [-0.05, 0) is 31.0 Å². The van der Waals surface area contributed by atoms with E-state index in [-0.39, 0.29) is 6.29 Å². The quantitative estimate of drug-likeness (QED) is 0.687. The number of hydrogen-bond donors (Lipinski definition) is 0. The summed E-state index contributed by atoms with van der Waals surface area (Å²) >= 11 is 0. The topological polar surface area (TPSA) is 18.5 Å². The van der Waals surface area contributed by atoms with Crippen LogP contribution in [0, 0.1) is 0 Å². The molecule has 0 saturated heterocycles. The lowest BCUT2D eigenvalue weighted by molar-refractivity contribution is -0.0382. The van der Waals surface area contributed by atoms with Crippen molar-refractivity contribution < 1.29 is 9.47 Å². The monoisotopic (exact) mass is 206 g/mol. The van der Waals surface area contributed by atoms with Gasteiger partial charge in [0.25, 0.3) is 0 Å². The van der Waals surface area contributed by atoms with Gasteiger partial charge in [-0.1, -0.05) is 31.2 Å². The summed E-state index contributed by atoms with van der Waals surface area (Å²) in [6.07, 6.45) is 5.08. The molecule has 0 aromatic heterocycles. The number of benzene rings is 1. The van der Waals surface area contributed by atoms with Gasteiger partial charge in [0.15, 0.2) is 6.29 Å². The van der Waals surface area contributed by atoms with E-state index in [2.05, 4.69) is 19.1 Å². The molecule has 0 bridgehead atoms. The van der Waals surface area contributed by atoms with E-state index in [9.17, 15) is 0 Å². The van der Waals surface area contributed by atoms with Crippen LogP contribution in [0.15, 0.2) is 30.3 Å². The van der Waals surface area contributed by atoms with E-state index in [1.54, 1.807) is 7.11 Å². The summed E-state index contributed by atoms with van der Waals surface area (Å²) in [4.78, 5) is 0. The molecule has 0 aliphatic heterocycles. The maximum atomic E-state index is 5.48. The highest BCUT2D eigenvalue weighted by Crippen LogP contribution is 2.14. The van der Waals surface area contributed by atoms with Gasteiger partial charge in [-0.2, -0.15) is 0 Å². The van der Waals surface area contributed by atoms with Gasteiger partial charge in [-0.15, -0.1) is 0 Å². The minimum atomic E-state index is -0.206. The second-order valence-corrected chi connectivity index (χ2v) is 3.30. The second-order valence-electron chi connectivity index (χ2n) is 3.30.